The Balaban J connectivity index is 0.00000162. The summed E-state index contributed by atoms with van der Waals surface area (Å²) in [6, 6.07) is 0. The summed E-state index contributed by atoms with van der Waals surface area (Å²) in [5.41, 5.74) is 0. The Hall–Kier alpha value is -0.0400. The molecule has 1 saturated heterocycles. The predicted octanol–water partition coefficient (Wildman–Crippen LogP) is 1.62. The molecule has 0 bridgehead atoms. The normalized spacial score (nSPS) is 21.7. The minimum atomic E-state index is 0. The molecule has 1 fully saturated rings. The van der Waals surface area contributed by atoms with Crippen LogP contribution in [0.3, 0.4) is 0 Å². The van der Waals surface area contributed by atoms with Gasteiger partial charge in [-0.2, -0.15) is 0 Å². The number of hydrogen-bond acceptors (Lipinski definition) is 4. The molecule has 0 aromatic heterocycles. The fourth-order valence-electron chi connectivity index (χ4n) is 2.70. The van der Waals surface area contributed by atoms with E-state index in [1.54, 1.807) is 0 Å². The van der Waals surface area contributed by atoms with Gasteiger partial charge in [0.05, 0.1) is 6.54 Å². The highest BCUT2D eigenvalue weighted by molar-refractivity contribution is 14.0. The van der Waals surface area contributed by atoms with Crippen LogP contribution in [0.25, 0.3) is 0 Å². The minimum absolute atomic E-state index is 0. The molecule has 0 aromatic carbocycles. The second-order valence-electron chi connectivity index (χ2n) is 5.22. The van der Waals surface area contributed by atoms with Crippen LogP contribution in [-0.2, 0) is 0 Å². The summed E-state index contributed by atoms with van der Waals surface area (Å²) in [4.78, 5) is 9.21. The van der Waals surface area contributed by atoms with E-state index in [-0.39, 0.29) is 24.0 Å². The minimum Gasteiger partial charge on any atom is -0.356 e. The van der Waals surface area contributed by atoms with E-state index in [0.29, 0.717) is 0 Å². The maximum atomic E-state index is 4.45. The molecule has 18 heavy (non-hydrogen) atoms. The number of hydrogen-bond donors (Lipinski definition) is 1. The van der Waals surface area contributed by atoms with E-state index in [2.05, 4.69) is 34.1 Å². The molecule has 2 heterocycles. The molecule has 0 aliphatic carbocycles. The van der Waals surface area contributed by atoms with Crippen molar-refractivity contribution in [1.29, 1.82) is 0 Å². The van der Waals surface area contributed by atoms with Crippen molar-refractivity contribution in [1.82, 2.24) is 15.1 Å². The first kappa shape index (κ1) is 16.0. The maximum Gasteiger partial charge on any atom is 0.193 e. The summed E-state index contributed by atoms with van der Waals surface area (Å²) in [5, 5.41) is 3.47. The number of nitrogens with one attached hydrogen (secondary N) is 1. The Bertz CT molecular complexity index is 262. The van der Waals surface area contributed by atoms with Gasteiger partial charge in [-0.1, -0.05) is 6.92 Å². The first-order valence-electron chi connectivity index (χ1n) is 7.01. The van der Waals surface area contributed by atoms with E-state index in [1.165, 1.54) is 38.9 Å². The van der Waals surface area contributed by atoms with Crippen LogP contribution in [0.5, 0.6) is 0 Å². The number of guanidine groups is 1. The zero-order valence-corrected chi connectivity index (χ0v) is 14.0. The molecule has 2 aliphatic heterocycles. The first-order chi connectivity index (χ1) is 8.29. The second-order valence-corrected chi connectivity index (χ2v) is 5.22. The molecular formula is C13H27IN4. The third kappa shape index (κ3) is 4.57. The van der Waals surface area contributed by atoms with Gasteiger partial charge < -0.3 is 15.1 Å². The van der Waals surface area contributed by atoms with Crippen LogP contribution in [-0.4, -0.2) is 62.1 Å². The molecule has 0 radical (unpaired) electrons. The van der Waals surface area contributed by atoms with Crippen LogP contribution in [0.2, 0.25) is 0 Å². The van der Waals surface area contributed by atoms with Crippen LogP contribution < -0.4 is 5.32 Å². The molecule has 0 aromatic rings. The number of piperidine rings is 1. The lowest BCUT2D eigenvalue weighted by atomic mass is 9.93. The number of aliphatic imine (C=N–C) groups is 1. The van der Waals surface area contributed by atoms with E-state index >= 15 is 0 Å². The van der Waals surface area contributed by atoms with Crippen LogP contribution in [0.4, 0.5) is 0 Å². The van der Waals surface area contributed by atoms with Gasteiger partial charge in [-0.3, -0.25) is 4.99 Å². The van der Waals surface area contributed by atoms with E-state index < -0.39 is 0 Å². The van der Waals surface area contributed by atoms with Gasteiger partial charge in [-0.25, -0.2) is 0 Å². The zero-order chi connectivity index (χ0) is 12.1. The Labute approximate surface area is 128 Å². The first-order valence-corrected chi connectivity index (χ1v) is 7.01. The molecule has 0 unspecified atom stereocenters. The number of nitrogens with zero attached hydrogens (tertiary/aromatic N) is 3. The van der Waals surface area contributed by atoms with E-state index in [0.717, 1.165) is 31.5 Å². The lowest BCUT2D eigenvalue weighted by Gasteiger charge is -2.31. The van der Waals surface area contributed by atoms with Crippen molar-refractivity contribution in [2.24, 2.45) is 10.9 Å². The van der Waals surface area contributed by atoms with Crippen LogP contribution >= 0.6 is 24.0 Å². The van der Waals surface area contributed by atoms with Crippen molar-refractivity contribution in [3.63, 3.8) is 0 Å². The highest BCUT2D eigenvalue weighted by Crippen LogP contribution is 2.19. The van der Waals surface area contributed by atoms with Crippen LogP contribution in [0.1, 0.15) is 26.2 Å². The van der Waals surface area contributed by atoms with E-state index in [4.69, 9.17) is 0 Å². The summed E-state index contributed by atoms with van der Waals surface area (Å²) in [7, 11) is 2.11. The highest BCUT2D eigenvalue weighted by atomic mass is 127. The Kier molecular flexibility index (Phi) is 7.29. The number of likely N-dealkylation sites (tertiary alicyclic amines) is 1. The molecule has 106 valence electrons. The molecule has 2 aliphatic rings. The SMILES string of the molecule is CCN1CCC(CCNC2=NCCN2C)CC1.I. The molecule has 0 atom stereocenters. The average Bonchev–Trinajstić information content (AvgIpc) is 2.76. The standard InChI is InChI=1S/C13H26N4.HI/c1-3-17-9-5-12(6-10-17)4-7-14-13-15-8-11-16(13)2;/h12H,3-11H2,1-2H3,(H,14,15);1H. The maximum absolute atomic E-state index is 4.45. The topological polar surface area (TPSA) is 30.9 Å². The fraction of sp³-hybridized carbons (Fsp3) is 0.923. The van der Waals surface area contributed by atoms with Gasteiger partial charge in [0.1, 0.15) is 0 Å². The smallest absolute Gasteiger partial charge is 0.193 e. The Morgan fingerprint density at radius 3 is 2.56 bits per heavy atom. The van der Waals surface area contributed by atoms with Gasteiger partial charge in [0, 0.05) is 20.1 Å². The molecule has 2 rings (SSSR count). The van der Waals surface area contributed by atoms with Crippen molar-refractivity contribution in [2.45, 2.75) is 26.2 Å². The monoisotopic (exact) mass is 366 g/mol. The lowest BCUT2D eigenvalue weighted by Crippen LogP contribution is -2.38. The zero-order valence-electron chi connectivity index (χ0n) is 11.7. The molecule has 1 N–H and O–H groups in total. The molecule has 4 nitrogen and oxygen atoms in total. The van der Waals surface area contributed by atoms with Crippen molar-refractivity contribution >= 4 is 29.9 Å². The summed E-state index contributed by atoms with van der Waals surface area (Å²) in [6.07, 6.45) is 4.04. The Morgan fingerprint density at radius 2 is 2.00 bits per heavy atom. The van der Waals surface area contributed by atoms with Gasteiger partial charge in [-0.15, -0.1) is 24.0 Å². The van der Waals surface area contributed by atoms with Crippen LogP contribution in [0.15, 0.2) is 4.99 Å². The van der Waals surface area contributed by atoms with Gasteiger partial charge in [0.15, 0.2) is 5.96 Å². The molecule has 0 amide bonds. The number of likely N-dealkylation sites (N-methyl/N-ethyl adjacent to an activating group) is 1. The lowest BCUT2D eigenvalue weighted by molar-refractivity contribution is 0.187. The average molecular weight is 366 g/mol. The predicted molar refractivity (Wildman–Crippen MR) is 87.8 cm³/mol. The summed E-state index contributed by atoms with van der Waals surface area (Å²) in [5.74, 6) is 2.01. The molecular weight excluding hydrogens is 339 g/mol. The van der Waals surface area contributed by atoms with Gasteiger partial charge in [-0.05, 0) is 44.8 Å². The van der Waals surface area contributed by atoms with Gasteiger partial charge >= 0.3 is 0 Å². The molecule has 5 heteroatoms. The van der Waals surface area contributed by atoms with Gasteiger partial charge in [0.25, 0.3) is 0 Å². The number of rotatable bonds is 4. The fourth-order valence-corrected chi connectivity index (χ4v) is 2.70. The van der Waals surface area contributed by atoms with E-state index in [9.17, 15) is 0 Å². The van der Waals surface area contributed by atoms with E-state index in [1.807, 2.05) is 0 Å². The summed E-state index contributed by atoms with van der Waals surface area (Å²) >= 11 is 0. The molecule has 0 spiro atoms. The summed E-state index contributed by atoms with van der Waals surface area (Å²) < 4.78 is 0. The number of halogens is 1. The van der Waals surface area contributed by atoms with Crippen molar-refractivity contribution in [3.05, 3.63) is 0 Å². The van der Waals surface area contributed by atoms with Gasteiger partial charge in [0.2, 0.25) is 0 Å². The third-order valence-corrected chi connectivity index (χ3v) is 4.05. The van der Waals surface area contributed by atoms with Crippen LogP contribution in [0, 0.1) is 5.92 Å². The second kappa shape index (κ2) is 8.19. The van der Waals surface area contributed by atoms with Crippen molar-refractivity contribution in [2.75, 3.05) is 46.3 Å². The highest BCUT2D eigenvalue weighted by Gasteiger charge is 2.18. The molecule has 0 saturated carbocycles. The largest absolute Gasteiger partial charge is 0.356 e. The third-order valence-electron chi connectivity index (χ3n) is 4.05. The quantitative estimate of drug-likeness (QED) is 0.768. The summed E-state index contributed by atoms with van der Waals surface area (Å²) in [6.45, 7) is 9.16. The van der Waals surface area contributed by atoms with Crippen molar-refractivity contribution < 1.29 is 0 Å². The Morgan fingerprint density at radius 1 is 1.28 bits per heavy atom. The van der Waals surface area contributed by atoms with Crippen molar-refractivity contribution in [3.8, 4) is 0 Å².